The van der Waals surface area contributed by atoms with Crippen molar-refractivity contribution < 1.29 is 8.42 Å². The lowest BCUT2D eigenvalue weighted by molar-refractivity contribution is 0.579. The van der Waals surface area contributed by atoms with E-state index in [9.17, 15) is 8.42 Å². The van der Waals surface area contributed by atoms with Crippen molar-refractivity contribution in [3.8, 4) is 0 Å². The van der Waals surface area contributed by atoms with Crippen molar-refractivity contribution in [2.24, 2.45) is 7.05 Å². The van der Waals surface area contributed by atoms with Crippen LogP contribution >= 0.6 is 15.9 Å². The summed E-state index contributed by atoms with van der Waals surface area (Å²) in [5.74, 6) is 0.843. The standard InChI is InChI=1S/C13H16BrN3O2S/c1-10-3-4-12(11(14)9-10)20(18,19)16-6-5-13-15-7-8-17(13)2/h3-4,7-9,16H,5-6H2,1-2H3. The van der Waals surface area contributed by atoms with Crippen molar-refractivity contribution in [3.63, 3.8) is 0 Å². The van der Waals surface area contributed by atoms with Crippen molar-refractivity contribution in [1.82, 2.24) is 14.3 Å². The van der Waals surface area contributed by atoms with Crippen molar-refractivity contribution in [2.45, 2.75) is 18.2 Å². The molecule has 0 aliphatic carbocycles. The molecule has 2 aromatic rings. The Morgan fingerprint density at radius 3 is 2.75 bits per heavy atom. The molecule has 1 heterocycles. The summed E-state index contributed by atoms with van der Waals surface area (Å²) >= 11 is 3.29. The summed E-state index contributed by atoms with van der Waals surface area (Å²) in [4.78, 5) is 4.41. The zero-order chi connectivity index (χ0) is 14.8. The molecule has 0 spiro atoms. The number of nitrogens with zero attached hydrogens (tertiary/aromatic N) is 2. The Kier molecular flexibility index (Phi) is 4.62. The third kappa shape index (κ3) is 3.47. The number of aromatic nitrogens is 2. The zero-order valence-corrected chi connectivity index (χ0v) is 13.7. The van der Waals surface area contributed by atoms with Gasteiger partial charge in [-0.3, -0.25) is 0 Å². The number of imidazole rings is 1. The van der Waals surface area contributed by atoms with E-state index < -0.39 is 10.0 Å². The molecule has 0 bridgehead atoms. The van der Waals surface area contributed by atoms with Crippen LogP contribution < -0.4 is 4.72 Å². The molecule has 0 unspecified atom stereocenters. The second-order valence-electron chi connectivity index (χ2n) is 4.54. The van der Waals surface area contributed by atoms with Gasteiger partial charge in [0.25, 0.3) is 0 Å². The van der Waals surface area contributed by atoms with E-state index in [0.717, 1.165) is 11.4 Å². The van der Waals surface area contributed by atoms with Gasteiger partial charge in [-0.25, -0.2) is 18.1 Å². The fourth-order valence-electron chi connectivity index (χ4n) is 1.84. The monoisotopic (exact) mass is 357 g/mol. The molecule has 1 aromatic heterocycles. The molecule has 0 radical (unpaired) electrons. The molecule has 7 heteroatoms. The van der Waals surface area contributed by atoms with Crippen LogP contribution in [0.25, 0.3) is 0 Å². The van der Waals surface area contributed by atoms with Gasteiger partial charge in [0.15, 0.2) is 0 Å². The largest absolute Gasteiger partial charge is 0.338 e. The quantitative estimate of drug-likeness (QED) is 0.889. The van der Waals surface area contributed by atoms with Gasteiger partial charge in [-0.15, -0.1) is 0 Å². The van der Waals surface area contributed by atoms with Gasteiger partial charge in [-0.05, 0) is 40.5 Å². The van der Waals surface area contributed by atoms with E-state index in [2.05, 4.69) is 25.6 Å². The minimum Gasteiger partial charge on any atom is -0.338 e. The molecular formula is C13H16BrN3O2S. The number of halogens is 1. The second-order valence-corrected chi connectivity index (χ2v) is 7.13. The first-order chi connectivity index (χ1) is 9.40. The Morgan fingerprint density at radius 2 is 2.15 bits per heavy atom. The van der Waals surface area contributed by atoms with E-state index in [4.69, 9.17) is 0 Å². The van der Waals surface area contributed by atoms with Crippen molar-refractivity contribution in [2.75, 3.05) is 6.54 Å². The number of sulfonamides is 1. The molecule has 0 saturated heterocycles. The first-order valence-electron chi connectivity index (χ1n) is 6.12. The lowest BCUT2D eigenvalue weighted by Gasteiger charge is -2.09. The average molecular weight is 358 g/mol. The van der Waals surface area contributed by atoms with Crippen molar-refractivity contribution in [3.05, 3.63) is 46.5 Å². The van der Waals surface area contributed by atoms with Crippen molar-refractivity contribution in [1.29, 1.82) is 0 Å². The Bertz CT molecular complexity index is 710. The highest BCUT2D eigenvalue weighted by Gasteiger charge is 2.17. The first-order valence-corrected chi connectivity index (χ1v) is 8.40. The van der Waals surface area contributed by atoms with E-state index in [1.807, 2.05) is 24.7 Å². The van der Waals surface area contributed by atoms with E-state index in [-0.39, 0.29) is 4.90 Å². The maximum atomic E-state index is 12.2. The molecule has 0 aliphatic rings. The van der Waals surface area contributed by atoms with Crippen LogP contribution in [0.1, 0.15) is 11.4 Å². The van der Waals surface area contributed by atoms with Crippen molar-refractivity contribution >= 4 is 26.0 Å². The minimum absolute atomic E-state index is 0.253. The summed E-state index contributed by atoms with van der Waals surface area (Å²) in [6, 6.07) is 5.16. The van der Waals surface area contributed by atoms with Gasteiger partial charge in [0.05, 0.1) is 4.90 Å². The Labute approximate surface area is 127 Å². The number of nitrogens with one attached hydrogen (secondary N) is 1. The van der Waals surface area contributed by atoms with Gasteiger partial charge in [-0.1, -0.05) is 6.07 Å². The maximum absolute atomic E-state index is 12.2. The lowest BCUT2D eigenvalue weighted by Crippen LogP contribution is -2.27. The third-order valence-corrected chi connectivity index (χ3v) is 5.38. The van der Waals surface area contributed by atoms with Crippen LogP contribution in [-0.4, -0.2) is 24.5 Å². The zero-order valence-electron chi connectivity index (χ0n) is 11.3. The van der Waals surface area contributed by atoms with E-state index in [1.165, 1.54) is 0 Å². The Hall–Kier alpha value is -1.18. The molecule has 20 heavy (non-hydrogen) atoms. The number of hydrogen-bond acceptors (Lipinski definition) is 3. The Balaban J connectivity index is 2.06. The van der Waals surface area contributed by atoms with Crippen LogP contribution in [0.2, 0.25) is 0 Å². The molecular weight excluding hydrogens is 342 g/mol. The van der Waals surface area contributed by atoms with E-state index in [1.54, 1.807) is 24.4 Å². The average Bonchev–Trinajstić information content (AvgIpc) is 2.74. The number of rotatable bonds is 5. The normalized spacial score (nSPS) is 11.8. The highest BCUT2D eigenvalue weighted by Crippen LogP contribution is 2.22. The predicted octanol–water partition coefficient (Wildman–Crippen LogP) is 2.01. The maximum Gasteiger partial charge on any atom is 0.241 e. The Morgan fingerprint density at radius 1 is 1.40 bits per heavy atom. The molecule has 0 amide bonds. The highest BCUT2D eigenvalue weighted by atomic mass is 79.9. The molecule has 108 valence electrons. The third-order valence-electron chi connectivity index (χ3n) is 2.94. The number of aryl methyl sites for hydroxylation is 2. The van der Waals surface area contributed by atoms with Gasteiger partial charge >= 0.3 is 0 Å². The lowest BCUT2D eigenvalue weighted by atomic mass is 10.2. The van der Waals surface area contributed by atoms with Crippen LogP contribution in [0.3, 0.4) is 0 Å². The summed E-state index contributed by atoms with van der Waals surface area (Å²) < 4.78 is 29.5. The molecule has 0 saturated carbocycles. The summed E-state index contributed by atoms with van der Waals surface area (Å²) in [5, 5.41) is 0. The molecule has 0 atom stereocenters. The summed E-state index contributed by atoms with van der Waals surface area (Å²) in [6.45, 7) is 2.23. The van der Waals surface area contributed by atoms with Crippen LogP contribution in [0.4, 0.5) is 0 Å². The predicted molar refractivity (Wildman–Crippen MR) is 81.0 cm³/mol. The first kappa shape index (κ1) is 15.2. The number of benzene rings is 1. The number of hydrogen-bond donors (Lipinski definition) is 1. The summed E-state index contributed by atoms with van der Waals surface area (Å²) in [6.07, 6.45) is 4.08. The smallest absolute Gasteiger partial charge is 0.241 e. The molecule has 0 fully saturated rings. The molecule has 1 aromatic carbocycles. The van der Waals surface area contributed by atoms with Crippen LogP contribution in [0, 0.1) is 6.92 Å². The van der Waals surface area contributed by atoms with Gasteiger partial charge in [0.1, 0.15) is 5.82 Å². The summed E-state index contributed by atoms with van der Waals surface area (Å²) in [5.41, 5.74) is 1.00. The molecule has 2 rings (SSSR count). The van der Waals surface area contributed by atoms with Crippen LogP contribution in [0.15, 0.2) is 40.0 Å². The summed E-state index contributed by atoms with van der Waals surface area (Å²) in [7, 11) is -1.63. The SMILES string of the molecule is Cc1ccc(S(=O)(=O)NCCc2nccn2C)c(Br)c1. The minimum atomic E-state index is -3.51. The topological polar surface area (TPSA) is 64.0 Å². The van der Waals surface area contributed by atoms with Gasteiger partial charge in [-0.2, -0.15) is 0 Å². The fraction of sp³-hybridized carbons (Fsp3) is 0.308. The highest BCUT2D eigenvalue weighted by molar-refractivity contribution is 9.10. The molecule has 1 N–H and O–H groups in total. The molecule has 5 nitrogen and oxygen atoms in total. The van der Waals surface area contributed by atoms with Gasteiger partial charge in [0.2, 0.25) is 10.0 Å². The molecule has 0 aliphatic heterocycles. The van der Waals surface area contributed by atoms with E-state index >= 15 is 0 Å². The van der Waals surface area contributed by atoms with Crippen LogP contribution in [0.5, 0.6) is 0 Å². The van der Waals surface area contributed by atoms with Crippen LogP contribution in [-0.2, 0) is 23.5 Å². The second kappa shape index (κ2) is 6.07. The van der Waals surface area contributed by atoms with Gasteiger partial charge in [0, 0.05) is 36.9 Å². The van der Waals surface area contributed by atoms with E-state index in [0.29, 0.717) is 17.4 Å². The fourth-order valence-corrected chi connectivity index (χ4v) is 4.06. The van der Waals surface area contributed by atoms with Gasteiger partial charge < -0.3 is 4.57 Å².